The fourth-order valence-electron chi connectivity index (χ4n) is 1.69. The second-order valence-corrected chi connectivity index (χ2v) is 6.67. The summed E-state index contributed by atoms with van der Waals surface area (Å²) in [6.07, 6.45) is 0. The Morgan fingerprint density at radius 1 is 1.19 bits per heavy atom. The molecule has 0 aromatic heterocycles. The highest BCUT2D eigenvalue weighted by Gasteiger charge is 2.11. The molecule has 2 rings (SSSR count). The summed E-state index contributed by atoms with van der Waals surface area (Å²) in [5.41, 5.74) is 0.698. The van der Waals surface area contributed by atoms with Crippen LogP contribution in [0.1, 0.15) is 5.56 Å². The summed E-state index contributed by atoms with van der Waals surface area (Å²) in [7, 11) is -3.79. The van der Waals surface area contributed by atoms with Gasteiger partial charge >= 0.3 is 0 Å². The van der Waals surface area contributed by atoms with E-state index in [4.69, 9.17) is 5.14 Å². The number of nitrogens with one attached hydrogen (secondary N) is 1. The molecule has 0 aliphatic carbocycles. The average molecular weight is 377 g/mol. The molecule has 3 N–H and O–H groups in total. The number of hydrogen-bond donors (Lipinski definition) is 2. The molecule has 0 unspecified atom stereocenters. The summed E-state index contributed by atoms with van der Waals surface area (Å²) in [4.78, 5) is -0.0446. The highest BCUT2D eigenvalue weighted by molar-refractivity contribution is 9.10. The minimum absolute atomic E-state index is 0.0446. The molecule has 0 saturated carbocycles. The molecule has 0 atom stereocenters. The number of primary sulfonamides is 1. The van der Waals surface area contributed by atoms with Gasteiger partial charge in [-0.15, -0.1) is 0 Å². The van der Waals surface area contributed by atoms with E-state index in [1.54, 1.807) is 0 Å². The molecule has 112 valence electrons. The van der Waals surface area contributed by atoms with E-state index in [0.29, 0.717) is 10.2 Å². The van der Waals surface area contributed by atoms with Gasteiger partial charge in [-0.3, -0.25) is 0 Å². The van der Waals surface area contributed by atoms with Gasteiger partial charge in [0.25, 0.3) is 0 Å². The van der Waals surface area contributed by atoms with Crippen molar-refractivity contribution in [3.05, 3.63) is 58.1 Å². The Labute approximate surface area is 129 Å². The fourth-order valence-corrected chi connectivity index (χ4v) is 2.90. The monoisotopic (exact) mass is 376 g/mol. The van der Waals surface area contributed by atoms with Gasteiger partial charge in [0.15, 0.2) is 11.6 Å². The molecular weight excluding hydrogens is 366 g/mol. The second-order valence-electron chi connectivity index (χ2n) is 4.25. The minimum Gasteiger partial charge on any atom is -0.380 e. The summed E-state index contributed by atoms with van der Waals surface area (Å²) in [5, 5.41) is 7.90. The predicted octanol–water partition coefficient (Wildman–Crippen LogP) is 2.99. The van der Waals surface area contributed by atoms with Gasteiger partial charge in [-0.05, 0) is 40.2 Å². The van der Waals surface area contributed by atoms with E-state index in [0.717, 1.165) is 6.07 Å². The summed E-state index contributed by atoms with van der Waals surface area (Å²) in [5.74, 6) is -1.83. The van der Waals surface area contributed by atoms with Crippen molar-refractivity contribution < 1.29 is 17.2 Å². The van der Waals surface area contributed by atoms with Crippen molar-refractivity contribution >= 4 is 31.6 Å². The highest BCUT2D eigenvalue weighted by atomic mass is 79.9. The van der Waals surface area contributed by atoms with Crippen LogP contribution < -0.4 is 10.5 Å². The van der Waals surface area contributed by atoms with Crippen molar-refractivity contribution in [2.45, 2.75) is 11.4 Å². The molecule has 0 aliphatic heterocycles. The summed E-state index contributed by atoms with van der Waals surface area (Å²) in [6.45, 7) is 0.0525. The summed E-state index contributed by atoms with van der Waals surface area (Å²) < 4.78 is 49.4. The lowest BCUT2D eigenvalue weighted by Gasteiger charge is -2.10. The quantitative estimate of drug-likeness (QED) is 0.861. The first-order valence-corrected chi connectivity index (χ1v) is 8.12. The maximum Gasteiger partial charge on any atom is 0.238 e. The molecule has 0 aliphatic rings. The first-order valence-electron chi connectivity index (χ1n) is 5.78. The first-order chi connectivity index (χ1) is 9.79. The number of sulfonamides is 1. The third-order valence-electron chi connectivity index (χ3n) is 2.77. The van der Waals surface area contributed by atoms with Crippen molar-refractivity contribution in [1.29, 1.82) is 0 Å². The minimum atomic E-state index is -3.79. The summed E-state index contributed by atoms with van der Waals surface area (Å²) in [6, 6.07) is 8.05. The van der Waals surface area contributed by atoms with Crippen molar-refractivity contribution in [3.63, 3.8) is 0 Å². The number of nitrogens with two attached hydrogens (primary N) is 1. The van der Waals surface area contributed by atoms with Crippen LogP contribution in [0.25, 0.3) is 0 Å². The lowest BCUT2D eigenvalue weighted by atomic mass is 10.2. The number of halogens is 3. The topological polar surface area (TPSA) is 72.2 Å². The third-order valence-corrected chi connectivity index (χ3v) is 4.34. The van der Waals surface area contributed by atoms with Crippen LogP contribution in [-0.2, 0) is 16.6 Å². The molecule has 0 spiro atoms. The van der Waals surface area contributed by atoms with Crippen LogP contribution >= 0.6 is 15.9 Å². The van der Waals surface area contributed by atoms with Gasteiger partial charge in [0.05, 0.1) is 4.90 Å². The van der Waals surface area contributed by atoms with Gasteiger partial charge in [0.1, 0.15) is 0 Å². The molecular formula is C13H11BrF2N2O2S. The van der Waals surface area contributed by atoms with Crippen LogP contribution in [0.3, 0.4) is 0 Å². The molecule has 2 aromatic carbocycles. The van der Waals surface area contributed by atoms with Crippen molar-refractivity contribution in [1.82, 2.24) is 0 Å². The van der Waals surface area contributed by atoms with E-state index < -0.39 is 21.7 Å². The van der Waals surface area contributed by atoms with Crippen LogP contribution in [0, 0.1) is 11.6 Å². The van der Waals surface area contributed by atoms with E-state index in [1.165, 1.54) is 30.3 Å². The molecule has 8 heteroatoms. The van der Waals surface area contributed by atoms with E-state index in [-0.39, 0.29) is 17.0 Å². The van der Waals surface area contributed by atoms with Crippen LogP contribution in [0.5, 0.6) is 0 Å². The standard InChI is InChI=1S/C13H11BrF2N2O2S/c14-10-6-9(21(17,19)20)4-5-12(10)18-7-8-2-1-3-11(15)13(8)16/h1-6,18H,7H2,(H2,17,19,20). The maximum atomic E-state index is 13.5. The van der Waals surface area contributed by atoms with Gasteiger partial charge in [-0.25, -0.2) is 22.3 Å². The van der Waals surface area contributed by atoms with Gasteiger partial charge in [0, 0.05) is 22.3 Å². The second kappa shape index (κ2) is 6.08. The molecule has 0 saturated heterocycles. The van der Waals surface area contributed by atoms with Crippen molar-refractivity contribution in [2.24, 2.45) is 5.14 Å². The number of hydrogen-bond acceptors (Lipinski definition) is 3. The fraction of sp³-hybridized carbons (Fsp3) is 0.0769. The maximum absolute atomic E-state index is 13.5. The average Bonchev–Trinajstić information content (AvgIpc) is 2.40. The van der Waals surface area contributed by atoms with Gasteiger partial charge < -0.3 is 5.32 Å². The lowest BCUT2D eigenvalue weighted by Crippen LogP contribution is -2.12. The Morgan fingerprint density at radius 3 is 2.52 bits per heavy atom. The lowest BCUT2D eigenvalue weighted by molar-refractivity contribution is 0.500. The van der Waals surface area contributed by atoms with Crippen molar-refractivity contribution in [3.8, 4) is 0 Å². The highest BCUT2D eigenvalue weighted by Crippen LogP contribution is 2.26. The molecule has 0 heterocycles. The van der Waals surface area contributed by atoms with E-state index in [9.17, 15) is 17.2 Å². The zero-order valence-electron chi connectivity index (χ0n) is 10.6. The summed E-state index contributed by atoms with van der Waals surface area (Å²) >= 11 is 3.20. The Kier molecular flexibility index (Phi) is 4.60. The van der Waals surface area contributed by atoms with E-state index in [2.05, 4.69) is 21.2 Å². The zero-order valence-corrected chi connectivity index (χ0v) is 13.0. The Bertz CT molecular complexity index is 782. The molecule has 0 amide bonds. The number of benzene rings is 2. The normalized spacial score (nSPS) is 11.4. The van der Waals surface area contributed by atoms with Crippen LogP contribution in [-0.4, -0.2) is 8.42 Å². The Balaban J connectivity index is 2.19. The molecule has 0 fully saturated rings. The van der Waals surface area contributed by atoms with Gasteiger partial charge in [0.2, 0.25) is 10.0 Å². The molecule has 4 nitrogen and oxygen atoms in total. The zero-order chi connectivity index (χ0) is 15.6. The Hall–Kier alpha value is -1.51. The smallest absolute Gasteiger partial charge is 0.238 e. The third kappa shape index (κ3) is 3.78. The number of rotatable bonds is 4. The van der Waals surface area contributed by atoms with Gasteiger partial charge in [-0.2, -0.15) is 0 Å². The van der Waals surface area contributed by atoms with Gasteiger partial charge in [-0.1, -0.05) is 12.1 Å². The van der Waals surface area contributed by atoms with Crippen LogP contribution in [0.4, 0.5) is 14.5 Å². The van der Waals surface area contributed by atoms with Crippen LogP contribution in [0.2, 0.25) is 0 Å². The molecule has 0 radical (unpaired) electrons. The largest absolute Gasteiger partial charge is 0.380 e. The van der Waals surface area contributed by atoms with E-state index in [1.807, 2.05) is 0 Å². The predicted molar refractivity (Wildman–Crippen MR) is 79.2 cm³/mol. The molecule has 21 heavy (non-hydrogen) atoms. The van der Waals surface area contributed by atoms with Crippen molar-refractivity contribution in [2.75, 3.05) is 5.32 Å². The van der Waals surface area contributed by atoms with E-state index >= 15 is 0 Å². The van der Waals surface area contributed by atoms with Crippen LogP contribution in [0.15, 0.2) is 45.8 Å². The number of anilines is 1. The Morgan fingerprint density at radius 2 is 1.90 bits per heavy atom. The first kappa shape index (κ1) is 15.9. The molecule has 2 aromatic rings. The molecule has 0 bridgehead atoms. The SMILES string of the molecule is NS(=O)(=O)c1ccc(NCc2cccc(F)c2F)c(Br)c1.